The van der Waals surface area contributed by atoms with Crippen molar-refractivity contribution < 1.29 is 15.0 Å². The van der Waals surface area contributed by atoms with Crippen molar-refractivity contribution in [1.29, 1.82) is 0 Å². The van der Waals surface area contributed by atoms with Crippen molar-refractivity contribution in [1.82, 2.24) is 19.6 Å². The number of aliphatic hydroxyl groups is 1. The molecule has 0 bridgehead atoms. The van der Waals surface area contributed by atoms with E-state index in [2.05, 4.69) is 15.1 Å². The van der Waals surface area contributed by atoms with E-state index in [0.29, 0.717) is 17.0 Å². The Hall–Kier alpha value is -2.96. The Morgan fingerprint density at radius 3 is 2.62 bits per heavy atom. The fraction of sp³-hybridized carbons (Fsp3) is 0.143. The molecule has 3 rings (SSSR count). The number of imidazole rings is 1. The Bertz CT molecular complexity index is 859. The molecule has 1 aliphatic carbocycles. The van der Waals surface area contributed by atoms with Gasteiger partial charge < -0.3 is 10.2 Å². The third-order valence-electron chi connectivity index (χ3n) is 3.18. The van der Waals surface area contributed by atoms with Crippen LogP contribution in [0.25, 0.3) is 11.9 Å². The molecule has 21 heavy (non-hydrogen) atoms. The number of carbonyl (C=O) groups excluding carboxylic acids is 1. The standard InChI is InChI=1S/C14H12N4O3/c1-7-8(2)17-18-10(13(21)16-14(18)15-7)5-9-3-4-11(19)12(20)6-9/h3-6,20-21H,1-2H3/b9-5-. The van der Waals surface area contributed by atoms with Gasteiger partial charge in [0.25, 0.3) is 5.78 Å². The maximum Gasteiger partial charge on any atom is 0.254 e. The zero-order chi connectivity index (χ0) is 15.1. The van der Waals surface area contributed by atoms with E-state index in [1.54, 1.807) is 13.0 Å². The lowest BCUT2D eigenvalue weighted by Crippen LogP contribution is -2.03. The van der Waals surface area contributed by atoms with E-state index in [1.807, 2.05) is 6.92 Å². The van der Waals surface area contributed by atoms with Crippen molar-refractivity contribution in [2.75, 3.05) is 0 Å². The summed E-state index contributed by atoms with van der Waals surface area (Å²) in [6.45, 7) is 3.61. The molecule has 2 N–H and O–H groups in total. The zero-order valence-electron chi connectivity index (χ0n) is 11.4. The second-order valence-electron chi connectivity index (χ2n) is 4.69. The first-order valence-corrected chi connectivity index (χ1v) is 6.23. The average Bonchev–Trinajstić information content (AvgIpc) is 2.71. The summed E-state index contributed by atoms with van der Waals surface area (Å²) >= 11 is 0. The van der Waals surface area contributed by atoms with Gasteiger partial charge in [-0.15, -0.1) is 0 Å². The molecule has 1 aliphatic rings. The minimum Gasteiger partial charge on any atom is -0.504 e. The predicted octanol–water partition coefficient (Wildman–Crippen LogP) is 1.41. The van der Waals surface area contributed by atoms with Crippen LogP contribution in [0.1, 0.15) is 17.1 Å². The number of allylic oxidation sites excluding steroid dienone is 4. The summed E-state index contributed by atoms with van der Waals surface area (Å²) in [6.07, 6.45) is 5.67. The van der Waals surface area contributed by atoms with Gasteiger partial charge in [0.2, 0.25) is 11.7 Å². The molecule has 2 heterocycles. The van der Waals surface area contributed by atoms with E-state index >= 15 is 0 Å². The highest BCUT2D eigenvalue weighted by Crippen LogP contribution is 2.22. The van der Waals surface area contributed by atoms with Crippen LogP contribution in [0, 0.1) is 13.8 Å². The predicted molar refractivity (Wildman–Crippen MR) is 74.8 cm³/mol. The van der Waals surface area contributed by atoms with Gasteiger partial charge in [0.15, 0.2) is 5.76 Å². The van der Waals surface area contributed by atoms with Crippen molar-refractivity contribution in [2.24, 2.45) is 0 Å². The first-order valence-electron chi connectivity index (χ1n) is 6.23. The molecule has 0 aromatic carbocycles. The molecule has 0 amide bonds. The largest absolute Gasteiger partial charge is 0.504 e. The van der Waals surface area contributed by atoms with Gasteiger partial charge in [-0.2, -0.15) is 14.6 Å². The minimum atomic E-state index is -0.458. The zero-order valence-corrected chi connectivity index (χ0v) is 11.4. The molecule has 0 saturated carbocycles. The van der Waals surface area contributed by atoms with Gasteiger partial charge in [-0.1, -0.05) is 6.08 Å². The molecule has 0 radical (unpaired) electrons. The second kappa shape index (κ2) is 4.55. The number of aryl methyl sites for hydroxylation is 2. The third kappa shape index (κ3) is 2.18. The Labute approximate surface area is 119 Å². The van der Waals surface area contributed by atoms with Crippen LogP contribution < -0.4 is 0 Å². The number of aromatic hydroxyl groups is 1. The number of ketones is 1. The quantitative estimate of drug-likeness (QED) is 0.821. The highest BCUT2D eigenvalue weighted by atomic mass is 16.3. The Morgan fingerprint density at radius 2 is 1.90 bits per heavy atom. The lowest BCUT2D eigenvalue weighted by molar-refractivity contribution is -0.113. The van der Waals surface area contributed by atoms with Crippen LogP contribution in [0.15, 0.2) is 29.6 Å². The summed E-state index contributed by atoms with van der Waals surface area (Å²) in [6, 6.07) is 0. The Balaban J connectivity index is 2.17. The minimum absolute atomic E-state index is 0.217. The van der Waals surface area contributed by atoms with Crippen LogP contribution in [0.4, 0.5) is 0 Å². The van der Waals surface area contributed by atoms with E-state index in [0.717, 1.165) is 5.69 Å². The van der Waals surface area contributed by atoms with Gasteiger partial charge in [-0.05, 0) is 37.6 Å². The third-order valence-corrected chi connectivity index (χ3v) is 3.18. The van der Waals surface area contributed by atoms with E-state index in [1.165, 1.54) is 22.7 Å². The number of hydrogen-bond donors (Lipinski definition) is 2. The summed E-state index contributed by atoms with van der Waals surface area (Å²) in [5, 5.41) is 23.7. The molecule has 0 spiro atoms. The van der Waals surface area contributed by atoms with Gasteiger partial charge in [0.05, 0.1) is 11.4 Å². The first kappa shape index (κ1) is 13.0. The summed E-state index contributed by atoms with van der Waals surface area (Å²) in [5.41, 5.74) is 2.32. The van der Waals surface area contributed by atoms with Crippen molar-refractivity contribution in [2.45, 2.75) is 13.8 Å². The van der Waals surface area contributed by atoms with E-state index in [9.17, 15) is 15.0 Å². The molecule has 2 aromatic rings. The molecular weight excluding hydrogens is 272 g/mol. The van der Waals surface area contributed by atoms with Crippen molar-refractivity contribution in [3.8, 4) is 5.88 Å². The van der Waals surface area contributed by atoms with Gasteiger partial charge in [-0.3, -0.25) is 4.79 Å². The lowest BCUT2D eigenvalue weighted by Gasteiger charge is -2.04. The number of aromatic nitrogens is 4. The second-order valence-corrected chi connectivity index (χ2v) is 4.69. The van der Waals surface area contributed by atoms with Gasteiger partial charge in [0, 0.05) is 0 Å². The van der Waals surface area contributed by atoms with Crippen LogP contribution >= 0.6 is 0 Å². The first-order chi connectivity index (χ1) is 9.95. The van der Waals surface area contributed by atoms with Crippen molar-refractivity contribution in [3.05, 3.63) is 46.6 Å². The summed E-state index contributed by atoms with van der Waals surface area (Å²) in [5.74, 6) is -0.742. The Kier molecular flexibility index (Phi) is 2.83. The van der Waals surface area contributed by atoms with E-state index < -0.39 is 5.78 Å². The summed E-state index contributed by atoms with van der Waals surface area (Å²) < 4.78 is 1.42. The van der Waals surface area contributed by atoms with E-state index in [-0.39, 0.29) is 17.4 Å². The van der Waals surface area contributed by atoms with Gasteiger partial charge in [0.1, 0.15) is 5.69 Å². The number of rotatable bonds is 1. The maximum atomic E-state index is 11.2. The molecule has 0 atom stereocenters. The number of fused-ring (bicyclic) bond motifs is 1. The summed E-state index contributed by atoms with van der Waals surface area (Å²) in [4.78, 5) is 19.4. The molecule has 2 aromatic heterocycles. The molecule has 7 heteroatoms. The maximum absolute atomic E-state index is 11.2. The number of aliphatic hydroxyl groups excluding tert-OH is 1. The van der Waals surface area contributed by atoms with Crippen molar-refractivity contribution >= 4 is 17.6 Å². The smallest absolute Gasteiger partial charge is 0.254 e. The number of carbonyl (C=O) groups is 1. The fourth-order valence-corrected chi connectivity index (χ4v) is 1.93. The summed E-state index contributed by atoms with van der Waals surface area (Å²) in [7, 11) is 0. The average molecular weight is 284 g/mol. The fourth-order valence-electron chi connectivity index (χ4n) is 1.93. The molecule has 0 aliphatic heterocycles. The van der Waals surface area contributed by atoms with Crippen LogP contribution in [0.2, 0.25) is 0 Å². The SMILES string of the molecule is Cc1nc2nc(O)c(/C=C3/C=CC(=O)C(O)=C3)n2nc1C. The van der Waals surface area contributed by atoms with Gasteiger partial charge in [-0.25, -0.2) is 4.98 Å². The number of hydrogen-bond acceptors (Lipinski definition) is 6. The van der Waals surface area contributed by atoms with Crippen LogP contribution in [-0.2, 0) is 4.79 Å². The van der Waals surface area contributed by atoms with Crippen LogP contribution in [0.3, 0.4) is 0 Å². The molecule has 106 valence electrons. The normalized spacial score (nSPS) is 16.8. The number of nitrogens with zero attached hydrogens (tertiary/aromatic N) is 4. The van der Waals surface area contributed by atoms with Crippen LogP contribution in [-0.4, -0.2) is 35.6 Å². The molecule has 7 nitrogen and oxygen atoms in total. The van der Waals surface area contributed by atoms with E-state index in [4.69, 9.17) is 0 Å². The van der Waals surface area contributed by atoms with Gasteiger partial charge >= 0.3 is 0 Å². The highest BCUT2D eigenvalue weighted by molar-refractivity contribution is 6.04. The topological polar surface area (TPSA) is 101 Å². The molecule has 0 saturated heterocycles. The highest BCUT2D eigenvalue weighted by Gasteiger charge is 2.15. The lowest BCUT2D eigenvalue weighted by atomic mass is 10.1. The molecular formula is C14H12N4O3. The molecule has 0 fully saturated rings. The monoisotopic (exact) mass is 284 g/mol. The van der Waals surface area contributed by atoms with Crippen LogP contribution in [0.5, 0.6) is 5.88 Å². The molecule has 0 unspecified atom stereocenters. The van der Waals surface area contributed by atoms with Crippen molar-refractivity contribution in [3.63, 3.8) is 0 Å². The Morgan fingerprint density at radius 1 is 1.14 bits per heavy atom.